The lowest BCUT2D eigenvalue weighted by Gasteiger charge is -2.47. The highest BCUT2D eigenvalue weighted by atomic mass is 79.9. The van der Waals surface area contributed by atoms with Crippen molar-refractivity contribution in [3.63, 3.8) is 0 Å². The first-order valence-corrected chi connectivity index (χ1v) is 7.41. The summed E-state index contributed by atoms with van der Waals surface area (Å²) in [6.45, 7) is 0.815. The van der Waals surface area contributed by atoms with Crippen molar-refractivity contribution in [2.75, 3.05) is 6.54 Å². The van der Waals surface area contributed by atoms with E-state index in [0.29, 0.717) is 4.75 Å². The number of halogens is 1. The Labute approximate surface area is 109 Å². The second kappa shape index (κ2) is 3.76. The van der Waals surface area contributed by atoms with Crippen molar-refractivity contribution in [2.45, 2.75) is 35.3 Å². The molecule has 2 fully saturated rings. The van der Waals surface area contributed by atoms with Gasteiger partial charge in [0, 0.05) is 20.7 Å². The third-order valence-electron chi connectivity index (χ3n) is 3.87. The molecule has 0 bridgehead atoms. The lowest BCUT2D eigenvalue weighted by Crippen LogP contribution is -2.48. The summed E-state index contributed by atoms with van der Waals surface area (Å²) >= 11 is 5.45. The maximum absolute atomic E-state index is 5.97. The Morgan fingerprint density at radius 3 is 2.31 bits per heavy atom. The zero-order valence-corrected chi connectivity index (χ0v) is 11.6. The van der Waals surface area contributed by atoms with Gasteiger partial charge >= 0.3 is 0 Å². The Kier molecular flexibility index (Phi) is 2.61. The Balaban J connectivity index is 1.71. The van der Waals surface area contributed by atoms with Gasteiger partial charge in [-0.15, -0.1) is 11.8 Å². The topological polar surface area (TPSA) is 26.0 Å². The summed E-state index contributed by atoms with van der Waals surface area (Å²) in [6, 6.07) is 8.59. The van der Waals surface area contributed by atoms with E-state index in [1.165, 1.54) is 30.6 Å². The van der Waals surface area contributed by atoms with Crippen LogP contribution in [0.15, 0.2) is 33.6 Å². The van der Waals surface area contributed by atoms with Crippen molar-refractivity contribution in [3.05, 3.63) is 28.7 Å². The molecule has 0 saturated heterocycles. The molecule has 16 heavy (non-hydrogen) atoms. The molecule has 2 aliphatic carbocycles. The number of hydrogen-bond acceptors (Lipinski definition) is 2. The van der Waals surface area contributed by atoms with Crippen molar-refractivity contribution >= 4 is 27.7 Å². The summed E-state index contributed by atoms with van der Waals surface area (Å²) in [5.74, 6) is 0. The molecular formula is C13H16BrNS. The van der Waals surface area contributed by atoms with Gasteiger partial charge in [-0.25, -0.2) is 0 Å². The van der Waals surface area contributed by atoms with Crippen LogP contribution in [-0.4, -0.2) is 11.3 Å². The lowest BCUT2D eigenvalue weighted by atomic mass is 9.71. The van der Waals surface area contributed by atoms with Gasteiger partial charge in [0.15, 0.2) is 0 Å². The number of nitrogens with two attached hydrogens (primary N) is 1. The summed E-state index contributed by atoms with van der Waals surface area (Å²) in [5, 5.41) is 0. The number of hydrogen-bond donors (Lipinski definition) is 1. The fourth-order valence-corrected chi connectivity index (χ4v) is 4.73. The van der Waals surface area contributed by atoms with Crippen molar-refractivity contribution < 1.29 is 0 Å². The van der Waals surface area contributed by atoms with Gasteiger partial charge in [0.25, 0.3) is 0 Å². The van der Waals surface area contributed by atoms with Crippen molar-refractivity contribution in [2.24, 2.45) is 11.1 Å². The zero-order chi connectivity index (χ0) is 11.2. The smallest absolute Gasteiger partial charge is 0.0339 e. The van der Waals surface area contributed by atoms with Crippen LogP contribution in [0.4, 0.5) is 0 Å². The molecule has 2 N–H and O–H groups in total. The largest absolute Gasteiger partial charge is 0.329 e. The van der Waals surface area contributed by atoms with Gasteiger partial charge in [-0.2, -0.15) is 0 Å². The SMILES string of the molecule is NCC1(Sc2ccc(Br)cc2)CC2(CC2)C1. The van der Waals surface area contributed by atoms with E-state index in [9.17, 15) is 0 Å². The quantitative estimate of drug-likeness (QED) is 0.918. The fraction of sp³-hybridized carbons (Fsp3) is 0.538. The third-order valence-corrected chi connectivity index (χ3v) is 5.80. The van der Waals surface area contributed by atoms with Crippen LogP contribution < -0.4 is 5.73 Å². The molecule has 1 aromatic rings. The first-order valence-electron chi connectivity index (χ1n) is 5.80. The molecule has 2 aliphatic rings. The summed E-state index contributed by atoms with van der Waals surface area (Å²) < 4.78 is 1.48. The van der Waals surface area contributed by atoms with Gasteiger partial charge in [-0.3, -0.25) is 0 Å². The third kappa shape index (κ3) is 1.93. The van der Waals surface area contributed by atoms with Crippen molar-refractivity contribution in [3.8, 4) is 0 Å². The van der Waals surface area contributed by atoms with Gasteiger partial charge in [0.1, 0.15) is 0 Å². The van der Waals surface area contributed by atoms with Crippen LogP contribution in [0.3, 0.4) is 0 Å². The predicted octanol–water partition coefficient (Wildman–Crippen LogP) is 3.81. The van der Waals surface area contributed by atoms with Gasteiger partial charge in [0.05, 0.1) is 0 Å². The van der Waals surface area contributed by atoms with Gasteiger partial charge < -0.3 is 5.73 Å². The van der Waals surface area contributed by atoms with E-state index in [0.717, 1.165) is 16.4 Å². The second-order valence-electron chi connectivity index (χ2n) is 5.30. The standard InChI is InChI=1S/C13H16BrNS/c14-10-1-3-11(4-2-10)16-13(9-15)7-12(8-13)5-6-12/h1-4H,5-9,15H2. The van der Waals surface area contributed by atoms with E-state index in [-0.39, 0.29) is 0 Å². The van der Waals surface area contributed by atoms with Crippen LogP contribution in [0.1, 0.15) is 25.7 Å². The molecule has 0 heterocycles. The molecule has 2 saturated carbocycles. The molecule has 0 aromatic heterocycles. The first kappa shape index (κ1) is 11.1. The highest BCUT2D eigenvalue weighted by molar-refractivity contribution is 9.10. The molecule has 3 heteroatoms. The number of rotatable bonds is 3. The van der Waals surface area contributed by atoms with E-state index in [1.54, 1.807) is 0 Å². The van der Waals surface area contributed by atoms with Gasteiger partial charge in [-0.1, -0.05) is 15.9 Å². The van der Waals surface area contributed by atoms with Crippen LogP contribution >= 0.6 is 27.7 Å². The van der Waals surface area contributed by atoms with Gasteiger partial charge in [-0.05, 0) is 55.4 Å². The molecule has 1 spiro atoms. The van der Waals surface area contributed by atoms with E-state index in [1.807, 2.05) is 11.8 Å². The first-order chi connectivity index (χ1) is 7.65. The molecule has 0 aliphatic heterocycles. The minimum absolute atomic E-state index is 0.338. The van der Waals surface area contributed by atoms with E-state index >= 15 is 0 Å². The molecule has 0 unspecified atom stereocenters. The molecular weight excluding hydrogens is 282 g/mol. The molecule has 0 atom stereocenters. The lowest BCUT2D eigenvalue weighted by molar-refractivity contribution is 0.210. The summed E-state index contributed by atoms with van der Waals surface area (Å²) in [5.41, 5.74) is 6.69. The van der Waals surface area contributed by atoms with E-state index < -0.39 is 0 Å². The normalized spacial score (nSPS) is 24.1. The molecule has 1 aromatic carbocycles. The summed E-state index contributed by atoms with van der Waals surface area (Å²) in [4.78, 5) is 1.35. The highest BCUT2D eigenvalue weighted by Crippen LogP contribution is 2.69. The van der Waals surface area contributed by atoms with Crippen LogP contribution in [0.5, 0.6) is 0 Å². The summed E-state index contributed by atoms with van der Waals surface area (Å²) in [7, 11) is 0. The molecule has 0 amide bonds. The van der Waals surface area contributed by atoms with Crippen molar-refractivity contribution in [1.29, 1.82) is 0 Å². The Morgan fingerprint density at radius 2 is 1.81 bits per heavy atom. The Bertz CT molecular complexity index is 389. The second-order valence-corrected chi connectivity index (χ2v) is 7.75. The van der Waals surface area contributed by atoms with Gasteiger partial charge in [0.2, 0.25) is 0 Å². The average molecular weight is 298 g/mol. The van der Waals surface area contributed by atoms with Crippen LogP contribution in [0.25, 0.3) is 0 Å². The fourth-order valence-electron chi connectivity index (χ4n) is 2.86. The minimum Gasteiger partial charge on any atom is -0.329 e. The number of benzene rings is 1. The van der Waals surface area contributed by atoms with Crippen LogP contribution in [0.2, 0.25) is 0 Å². The van der Waals surface area contributed by atoms with E-state index in [2.05, 4.69) is 40.2 Å². The minimum atomic E-state index is 0.338. The molecule has 86 valence electrons. The Hall–Kier alpha value is 0.01000. The predicted molar refractivity (Wildman–Crippen MR) is 72.7 cm³/mol. The summed E-state index contributed by atoms with van der Waals surface area (Å²) in [6.07, 6.45) is 5.54. The zero-order valence-electron chi connectivity index (χ0n) is 9.21. The number of thioether (sulfide) groups is 1. The van der Waals surface area contributed by atoms with Crippen molar-refractivity contribution in [1.82, 2.24) is 0 Å². The average Bonchev–Trinajstić information content (AvgIpc) is 3.00. The van der Waals surface area contributed by atoms with Crippen LogP contribution in [0, 0.1) is 5.41 Å². The maximum Gasteiger partial charge on any atom is 0.0339 e. The molecule has 0 radical (unpaired) electrons. The molecule has 3 rings (SSSR count). The maximum atomic E-state index is 5.97. The van der Waals surface area contributed by atoms with E-state index in [4.69, 9.17) is 5.73 Å². The highest BCUT2D eigenvalue weighted by Gasteiger charge is 2.60. The Morgan fingerprint density at radius 1 is 1.19 bits per heavy atom. The monoisotopic (exact) mass is 297 g/mol. The molecule has 1 nitrogen and oxygen atoms in total. The van der Waals surface area contributed by atoms with Crippen LogP contribution in [-0.2, 0) is 0 Å².